The van der Waals surface area contributed by atoms with Crippen molar-refractivity contribution in [3.63, 3.8) is 0 Å². The molecule has 2 atom stereocenters. The molecule has 0 amide bonds. The maximum absolute atomic E-state index is 14.6. The van der Waals surface area contributed by atoms with E-state index >= 15 is 0 Å². The second-order valence-corrected chi connectivity index (χ2v) is 7.79. The van der Waals surface area contributed by atoms with Crippen LogP contribution in [0.4, 0.5) is 10.2 Å². The van der Waals surface area contributed by atoms with Crippen molar-refractivity contribution in [2.75, 3.05) is 5.32 Å². The van der Waals surface area contributed by atoms with Crippen LogP contribution in [-0.2, 0) is 6.54 Å². The first-order chi connectivity index (χ1) is 14.7. The van der Waals surface area contributed by atoms with Crippen LogP contribution in [0.1, 0.15) is 29.0 Å². The fourth-order valence-corrected chi connectivity index (χ4v) is 4.31. The number of anilines is 1. The molecule has 2 aliphatic rings. The molecule has 1 fully saturated rings. The number of ether oxygens (including phenoxy) is 1. The van der Waals surface area contributed by atoms with E-state index in [-0.39, 0.29) is 11.9 Å². The summed E-state index contributed by atoms with van der Waals surface area (Å²) in [5, 5.41) is 4.09. The Hall–Kier alpha value is -3.61. The van der Waals surface area contributed by atoms with Crippen LogP contribution in [0.15, 0.2) is 49.3 Å². The van der Waals surface area contributed by atoms with Crippen LogP contribution >= 0.6 is 0 Å². The van der Waals surface area contributed by atoms with Crippen molar-refractivity contribution in [3.05, 3.63) is 71.8 Å². The van der Waals surface area contributed by atoms with Crippen molar-refractivity contribution >= 4 is 16.7 Å². The molecular formula is C23H18FN5O. The Bertz CT molecular complexity index is 1310. The summed E-state index contributed by atoms with van der Waals surface area (Å²) in [7, 11) is 0. The Morgan fingerprint density at radius 1 is 1.10 bits per heavy atom. The minimum absolute atomic E-state index is 0.218. The smallest absolute Gasteiger partial charge is 0.137 e. The summed E-state index contributed by atoms with van der Waals surface area (Å²) in [5.74, 6) is 1.52. The third-order valence-corrected chi connectivity index (χ3v) is 5.95. The van der Waals surface area contributed by atoms with Gasteiger partial charge in [-0.05, 0) is 37.1 Å². The fraction of sp³-hybridized carbons (Fsp3) is 0.217. The highest BCUT2D eigenvalue weighted by atomic mass is 19.1. The zero-order valence-corrected chi connectivity index (χ0v) is 16.3. The Morgan fingerprint density at radius 2 is 2.03 bits per heavy atom. The molecule has 1 N–H and O–H groups in total. The fourth-order valence-electron chi connectivity index (χ4n) is 4.31. The molecule has 0 saturated heterocycles. The Labute approximate surface area is 172 Å². The van der Waals surface area contributed by atoms with E-state index < -0.39 is 0 Å². The van der Waals surface area contributed by atoms with Gasteiger partial charge in [0.1, 0.15) is 29.8 Å². The van der Waals surface area contributed by atoms with E-state index in [4.69, 9.17) is 4.74 Å². The molecule has 30 heavy (non-hydrogen) atoms. The van der Waals surface area contributed by atoms with Crippen LogP contribution < -0.4 is 10.1 Å². The predicted octanol–water partition coefficient (Wildman–Crippen LogP) is 4.39. The Kier molecular flexibility index (Phi) is 3.71. The van der Waals surface area contributed by atoms with E-state index in [1.807, 2.05) is 19.2 Å². The molecule has 6 rings (SSSR count). The lowest BCUT2D eigenvalue weighted by atomic mass is 10.0. The van der Waals surface area contributed by atoms with Crippen LogP contribution in [-0.4, -0.2) is 26.0 Å². The predicted molar refractivity (Wildman–Crippen MR) is 111 cm³/mol. The molecule has 6 nitrogen and oxygen atoms in total. The first-order valence-electron chi connectivity index (χ1n) is 9.92. The molecule has 7 heteroatoms. The van der Waals surface area contributed by atoms with E-state index in [2.05, 4.69) is 25.3 Å². The summed E-state index contributed by atoms with van der Waals surface area (Å²) < 4.78 is 20.5. The summed E-state index contributed by atoms with van der Waals surface area (Å²) in [6.45, 7) is 2.35. The van der Waals surface area contributed by atoms with Gasteiger partial charge >= 0.3 is 0 Å². The number of rotatable bonds is 4. The Morgan fingerprint density at radius 3 is 2.93 bits per heavy atom. The van der Waals surface area contributed by atoms with E-state index in [0.29, 0.717) is 23.8 Å². The van der Waals surface area contributed by atoms with Crippen LogP contribution in [0.5, 0.6) is 5.75 Å². The Balaban J connectivity index is 1.39. The van der Waals surface area contributed by atoms with Gasteiger partial charge in [0, 0.05) is 59.5 Å². The minimum Gasteiger partial charge on any atom is -0.489 e. The third kappa shape index (κ3) is 2.62. The number of halogens is 1. The molecular weight excluding hydrogens is 381 g/mol. The topological polar surface area (TPSA) is 72.8 Å². The van der Waals surface area contributed by atoms with Crippen molar-refractivity contribution in [2.45, 2.75) is 31.9 Å². The lowest BCUT2D eigenvalue weighted by Gasteiger charge is -2.15. The van der Waals surface area contributed by atoms with Gasteiger partial charge in [-0.25, -0.2) is 19.3 Å². The molecule has 4 heterocycles. The first-order valence-corrected chi connectivity index (χ1v) is 9.92. The highest BCUT2D eigenvalue weighted by molar-refractivity contribution is 5.98. The van der Waals surface area contributed by atoms with E-state index in [9.17, 15) is 4.39 Å². The van der Waals surface area contributed by atoms with Crippen LogP contribution in [0.2, 0.25) is 0 Å². The van der Waals surface area contributed by atoms with Gasteiger partial charge in [-0.1, -0.05) is 0 Å². The molecule has 0 spiro atoms. The van der Waals surface area contributed by atoms with E-state index in [0.717, 1.165) is 45.3 Å². The molecule has 1 aromatic carbocycles. The summed E-state index contributed by atoms with van der Waals surface area (Å²) >= 11 is 0. The largest absolute Gasteiger partial charge is 0.489 e. The van der Waals surface area contributed by atoms with Gasteiger partial charge < -0.3 is 10.1 Å². The molecule has 4 aromatic rings. The third-order valence-electron chi connectivity index (χ3n) is 5.95. The molecule has 148 valence electrons. The van der Waals surface area contributed by atoms with Gasteiger partial charge in [0.15, 0.2) is 0 Å². The molecule has 3 aromatic heterocycles. The maximum atomic E-state index is 14.6. The zero-order chi connectivity index (χ0) is 20.2. The summed E-state index contributed by atoms with van der Waals surface area (Å²) in [6.07, 6.45) is 9.81. The summed E-state index contributed by atoms with van der Waals surface area (Å²) in [6, 6.07) is 5.16. The van der Waals surface area contributed by atoms with Gasteiger partial charge in [0.05, 0.1) is 10.9 Å². The van der Waals surface area contributed by atoms with E-state index in [1.54, 1.807) is 24.7 Å². The number of benzene rings is 1. The zero-order valence-electron chi connectivity index (χ0n) is 16.3. The number of nitrogens with zero attached hydrogens (tertiary/aromatic N) is 4. The quantitative estimate of drug-likeness (QED) is 0.549. The van der Waals surface area contributed by atoms with E-state index in [1.165, 1.54) is 12.4 Å². The average Bonchev–Trinajstić information content (AvgIpc) is 3.44. The lowest BCUT2D eigenvalue weighted by molar-refractivity contribution is 0.318. The summed E-state index contributed by atoms with van der Waals surface area (Å²) in [4.78, 5) is 17.5. The molecule has 1 saturated carbocycles. The molecule has 0 radical (unpaired) electrons. The van der Waals surface area contributed by atoms with Crippen LogP contribution in [0.3, 0.4) is 0 Å². The highest BCUT2D eigenvalue weighted by Gasteiger charge is 2.49. The van der Waals surface area contributed by atoms with Crippen molar-refractivity contribution in [2.24, 2.45) is 0 Å². The van der Waals surface area contributed by atoms with Crippen molar-refractivity contribution in [1.82, 2.24) is 19.9 Å². The number of hydrogen-bond acceptors (Lipinski definition) is 6. The number of pyridine rings is 2. The molecule has 1 aliphatic carbocycles. The minimum atomic E-state index is -0.222. The first kappa shape index (κ1) is 17.3. The number of fused-ring (bicyclic) bond motifs is 4. The highest BCUT2D eigenvalue weighted by Crippen LogP contribution is 2.55. The second kappa shape index (κ2) is 6.45. The maximum Gasteiger partial charge on any atom is 0.137 e. The molecule has 1 aliphatic heterocycles. The van der Waals surface area contributed by atoms with Gasteiger partial charge in [0.25, 0.3) is 0 Å². The van der Waals surface area contributed by atoms with Crippen molar-refractivity contribution in [1.29, 1.82) is 0 Å². The normalized spacial score (nSPS) is 18.6. The van der Waals surface area contributed by atoms with Crippen LogP contribution in [0.25, 0.3) is 22.0 Å². The standard InChI is InChI=1S/C23H18FN5O/c1-12-4-5-25-7-14(12)15-9-27-23(17-8-26-11-29-22(15)17)28-10-16-18(24)2-3-19-21(16)13-6-20(13)30-19/h2-5,7-9,11,13,20H,6,10H2,1H3,(H,27,28). The second-order valence-electron chi connectivity index (χ2n) is 7.79. The molecule has 0 bridgehead atoms. The number of aromatic nitrogens is 4. The van der Waals surface area contributed by atoms with Gasteiger partial charge in [-0.2, -0.15) is 0 Å². The number of hydrogen-bond donors (Lipinski definition) is 1. The SMILES string of the molecule is Cc1ccncc1-c1cnc(NCc2c(F)ccc3c2C2CC2O3)c2cncnc12. The van der Waals surface area contributed by atoms with Crippen molar-refractivity contribution in [3.8, 4) is 16.9 Å². The van der Waals surface area contributed by atoms with Crippen LogP contribution in [0, 0.1) is 12.7 Å². The number of nitrogens with one attached hydrogen (secondary N) is 1. The van der Waals surface area contributed by atoms with Gasteiger partial charge in [-0.15, -0.1) is 0 Å². The average molecular weight is 399 g/mol. The van der Waals surface area contributed by atoms with Crippen molar-refractivity contribution < 1.29 is 9.13 Å². The lowest BCUT2D eigenvalue weighted by Crippen LogP contribution is -2.07. The van der Waals surface area contributed by atoms with Gasteiger partial charge in [0.2, 0.25) is 0 Å². The molecule has 2 unspecified atom stereocenters. The number of aryl methyl sites for hydroxylation is 1. The van der Waals surface area contributed by atoms with Gasteiger partial charge in [-0.3, -0.25) is 4.98 Å². The monoisotopic (exact) mass is 399 g/mol. The summed E-state index contributed by atoms with van der Waals surface area (Å²) in [5.41, 5.74) is 5.39.